The van der Waals surface area contributed by atoms with Crippen LogP contribution in [-0.2, 0) is 37.3 Å². The first-order valence-corrected chi connectivity index (χ1v) is 13.3. The van der Waals surface area contributed by atoms with Gasteiger partial charge in [-0.05, 0) is 41.8 Å². The van der Waals surface area contributed by atoms with Crippen LogP contribution in [0.1, 0.15) is 0 Å². The Morgan fingerprint density at radius 3 is 2.16 bits per heavy atom. The van der Waals surface area contributed by atoms with Crippen LogP contribution >= 0.6 is 0 Å². The minimum Gasteiger partial charge on any atom is -0.506 e. The molecule has 0 amide bonds. The molecule has 4 aromatic rings. The molecular formula is C23H20CuN4O8S2. The van der Waals surface area contributed by atoms with E-state index in [1.807, 2.05) is 0 Å². The number of nitrogens with one attached hydrogen (secondary N) is 2. The second kappa shape index (κ2) is 10.9. The summed E-state index contributed by atoms with van der Waals surface area (Å²) in [7, 11) is -7.83. The number of phenolic OH excluding ortho intramolecular Hbond substituents is 2. The largest absolute Gasteiger partial charge is 0.506 e. The SMILES string of the molecule is CNc1cc(N=Nc2c(Nc3cc(S(=O)(=O)O)ccc3O)ccc3ccccc23)c(O)c(S(=O)(=O)O)c1.[Cu]. The van der Waals surface area contributed by atoms with Crippen molar-refractivity contribution in [3.63, 3.8) is 0 Å². The van der Waals surface area contributed by atoms with Crippen molar-refractivity contribution in [2.24, 2.45) is 10.2 Å². The molecule has 0 fully saturated rings. The third kappa shape index (κ3) is 6.05. The van der Waals surface area contributed by atoms with Crippen molar-refractivity contribution in [3.8, 4) is 11.5 Å². The fourth-order valence-corrected chi connectivity index (χ4v) is 4.63. The van der Waals surface area contributed by atoms with Crippen molar-refractivity contribution in [2.45, 2.75) is 9.79 Å². The molecular weight excluding hydrogens is 588 g/mol. The van der Waals surface area contributed by atoms with Gasteiger partial charge < -0.3 is 20.8 Å². The van der Waals surface area contributed by atoms with Gasteiger partial charge in [0.1, 0.15) is 22.0 Å². The monoisotopic (exact) mass is 607 g/mol. The summed E-state index contributed by atoms with van der Waals surface area (Å²) in [6, 6.07) is 15.8. The number of phenols is 2. The fourth-order valence-electron chi connectivity index (χ4n) is 3.50. The number of hydrogen-bond donors (Lipinski definition) is 6. The van der Waals surface area contributed by atoms with Gasteiger partial charge in [0.25, 0.3) is 20.2 Å². The Labute approximate surface area is 228 Å². The first-order valence-electron chi connectivity index (χ1n) is 10.4. The van der Waals surface area contributed by atoms with Gasteiger partial charge in [-0.2, -0.15) is 16.8 Å². The van der Waals surface area contributed by atoms with Crippen LogP contribution in [0.25, 0.3) is 10.8 Å². The van der Waals surface area contributed by atoms with E-state index in [1.165, 1.54) is 13.1 Å². The molecule has 12 nitrogen and oxygen atoms in total. The molecule has 4 rings (SSSR count). The third-order valence-electron chi connectivity index (χ3n) is 5.31. The van der Waals surface area contributed by atoms with Crippen molar-refractivity contribution in [1.82, 2.24) is 0 Å². The van der Waals surface area contributed by atoms with Crippen LogP contribution in [0, 0.1) is 0 Å². The van der Waals surface area contributed by atoms with Gasteiger partial charge in [0.15, 0.2) is 5.75 Å². The summed E-state index contributed by atoms with van der Waals surface area (Å²) in [6.45, 7) is 0. The summed E-state index contributed by atoms with van der Waals surface area (Å²) in [5.41, 5.74) is 0.342. The standard InChI is InChI=1S/C23H20N4O8S2.Cu/c1-24-14-10-19(23(29)21(11-14)37(33,34)35)26-27-22-16-5-3-2-4-13(16)6-8-17(22)25-18-12-15(36(30,31)32)7-9-20(18)28;/h2-12,24-25,28-29H,1H3,(H,30,31,32)(H,33,34,35);. The van der Waals surface area contributed by atoms with Crippen LogP contribution in [0.15, 0.2) is 86.7 Å². The van der Waals surface area contributed by atoms with E-state index in [0.29, 0.717) is 5.39 Å². The maximum Gasteiger partial charge on any atom is 0.298 e. The molecule has 0 heterocycles. The van der Waals surface area contributed by atoms with Crippen molar-refractivity contribution < 1.29 is 53.2 Å². The smallest absolute Gasteiger partial charge is 0.298 e. The molecule has 0 atom stereocenters. The molecule has 6 N–H and O–H groups in total. The summed E-state index contributed by atoms with van der Waals surface area (Å²) < 4.78 is 65.4. The number of rotatable bonds is 7. The molecule has 0 spiro atoms. The zero-order valence-corrected chi connectivity index (χ0v) is 21.9. The quantitative estimate of drug-likeness (QED) is 0.0549. The molecule has 4 aromatic carbocycles. The minimum absolute atomic E-state index is 0. The summed E-state index contributed by atoms with van der Waals surface area (Å²) in [5.74, 6) is -1.14. The van der Waals surface area contributed by atoms with Crippen molar-refractivity contribution >= 4 is 59.4 Å². The van der Waals surface area contributed by atoms with Crippen LogP contribution in [0.5, 0.6) is 11.5 Å². The fraction of sp³-hybridized carbons (Fsp3) is 0.0435. The third-order valence-corrected chi connectivity index (χ3v) is 7.03. The predicted molar refractivity (Wildman–Crippen MR) is 137 cm³/mol. The number of aromatic hydroxyl groups is 2. The Morgan fingerprint density at radius 1 is 0.789 bits per heavy atom. The molecule has 0 unspecified atom stereocenters. The Bertz CT molecular complexity index is 1780. The van der Waals surface area contributed by atoms with Crippen molar-refractivity contribution in [1.29, 1.82) is 0 Å². The Balaban J connectivity index is 0.00000400. The van der Waals surface area contributed by atoms with Gasteiger partial charge in [-0.15, -0.1) is 10.2 Å². The summed E-state index contributed by atoms with van der Waals surface area (Å²) in [6.07, 6.45) is 0. The maximum atomic E-state index is 11.7. The molecule has 0 saturated carbocycles. The van der Waals surface area contributed by atoms with Crippen molar-refractivity contribution in [3.05, 3.63) is 66.7 Å². The number of fused-ring (bicyclic) bond motifs is 1. The number of nitrogens with zero attached hydrogens (tertiary/aromatic N) is 2. The van der Waals surface area contributed by atoms with Gasteiger partial charge in [-0.1, -0.05) is 30.3 Å². The number of benzene rings is 4. The molecule has 0 aliphatic carbocycles. The molecule has 15 heteroatoms. The predicted octanol–water partition coefficient (Wildman–Crippen LogP) is 4.94. The van der Waals surface area contributed by atoms with Crippen LogP contribution in [0.2, 0.25) is 0 Å². The number of anilines is 3. The molecule has 1 radical (unpaired) electrons. The second-order valence-corrected chi connectivity index (χ2v) is 10.5. The Morgan fingerprint density at radius 2 is 1.50 bits per heavy atom. The Kier molecular flexibility index (Phi) is 8.31. The first-order chi connectivity index (χ1) is 17.4. The minimum atomic E-state index is -4.78. The van der Waals surface area contributed by atoms with Gasteiger partial charge in [0.05, 0.1) is 16.3 Å². The topological polar surface area (TPSA) is 198 Å². The van der Waals surface area contributed by atoms with Crippen LogP contribution < -0.4 is 10.6 Å². The molecule has 0 saturated heterocycles. The maximum absolute atomic E-state index is 11.7. The van der Waals surface area contributed by atoms with Gasteiger partial charge in [0, 0.05) is 35.2 Å². The van der Waals surface area contributed by atoms with E-state index in [0.717, 1.165) is 29.7 Å². The zero-order valence-electron chi connectivity index (χ0n) is 19.3. The van der Waals surface area contributed by atoms with Gasteiger partial charge in [-0.25, -0.2) is 0 Å². The Hall–Kier alpha value is -3.72. The summed E-state index contributed by atoms with van der Waals surface area (Å²) in [5, 5.41) is 35.8. The average Bonchev–Trinajstić information content (AvgIpc) is 2.83. The molecule has 0 aliphatic rings. The average molecular weight is 608 g/mol. The van der Waals surface area contributed by atoms with Crippen LogP contribution in [0.3, 0.4) is 0 Å². The van der Waals surface area contributed by atoms with E-state index in [9.17, 15) is 36.2 Å². The van der Waals surface area contributed by atoms with E-state index in [2.05, 4.69) is 20.9 Å². The van der Waals surface area contributed by atoms with E-state index >= 15 is 0 Å². The summed E-state index contributed by atoms with van der Waals surface area (Å²) >= 11 is 0. The molecule has 0 aliphatic heterocycles. The number of azo groups is 1. The van der Waals surface area contributed by atoms with E-state index in [4.69, 9.17) is 0 Å². The van der Waals surface area contributed by atoms with Crippen LogP contribution in [0.4, 0.5) is 28.4 Å². The molecule has 203 valence electrons. The van der Waals surface area contributed by atoms with Crippen molar-refractivity contribution in [2.75, 3.05) is 17.7 Å². The number of hydrogen-bond acceptors (Lipinski definition) is 10. The van der Waals surface area contributed by atoms with E-state index < -0.39 is 35.8 Å². The zero-order chi connectivity index (χ0) is 27.0. The molecule has 38 heavy (non-hydrogen) atoms. The van der Waals surface area contributed by atoms with E-state index in [-0.39, 0.29) is 51.3 Å². The first kappa shape index (κ1) is 28.8. The van der Waals surface area contributed by atoms with Crippen LogP contribution in [-0.4, -0.2) is 43.2 Å². The summed E-state index contributed by atoms with van der Waals surface area (Å²) in [4.78, 5) is -1.22. The molecule has 0 bridgehead atoms. The second-order valence-electron chi connectivity index (χ2n) is 7.73. The van der Waals surface area contributed by atoms with E-state index in [1.54, 1.807) is 36.4 Å². The normalized spacial score (nSPS) is 11.9. The molecule has 0 aromatic heterocycles. The van der Waals surface area contributed by atoms with Gasteiger partial charge >= 0.3 is 0 Å². The van der Waals surface area contributed by atoms with Gasteiger partial charge in [0.2, 0.25) is 0 Å². The van der Waals surface area contributed by atoms with Gasteiger partial charge in [-0.3, -0.25) is 9.11 Å².